The predicted molar refractivity (Wildman–Crippen MR) is 105 cm³/mol. The number of benzene rings is 1. The van der Waals surface area contributed by atoms with E-state index in [9.17, 15) is 0 Å². The Morgan fingerprint density at radius 1 is 1.00 bits per heavy atom. The van der Waals surface area contributed by atoms with E-state index >= 15 is 0 Å². The molecule has 0 radical (unpaired) electrons. The molecule has 0 aliphatic carbocycles. The van der Waals surface area contributed by atoms with Crippen LogP contribution in [0, 0.1) is 0 Å². The van der Waals surface area contributed by atoms with Crippen LogP contribution in [0.1, 0.15) is 17.0 Å². The molecule has 0 atom stereocenters. The van der Waals surface area contributed by atoms with Gasteiger partial charge in [-0.05, 0) is 24.1 Å². The molecule has 1 aromatic carbocycles. The maximum Gasteiger partial charge on any atom is 0.167 e. The smallest absolute Gasteiger partial charge is 0.167 e. The molecule has 4 aromatic rings. The van der Waals surface area contributed by atoms with E-state index in [1.165, 1.54) is 5.56 Å². The first-order valence-electron chi connectivity index (χ1n) is 9.34. The number of pyridine rings is 1. The third kappa shape index (κ3) is 3.42. The lowest BCUT2D eigenvalue weighted by Crippen LogP contribution is -2.31. The lowest BCUT2D eigenvalue weighted by molar-refractivity contribution is 0.234. The van der Waals surface area contributed by atoms with Crippen LogP contribution < -0.4 is 0 Å². The zero-order valence-electron chi connectivity index (χ0n) is 15.3. The van der Waals surface area contributed by atoms with Gasteiger partial charge in [0, 0.05) is 55.4 Å². The second-order valence-electron chi connectivity index (χ2n) is 6.92. The second kappa shape index (κ2) is 7.32. The Morgan fingerprint density at radius 3 is 2.75 bits per heavy atom. The van der Waals surface area contributed by atoms with Crippen LogP contribution in [0.4, 0.5) is 0 Å². The monoisotopic (exact) mass is 369 g/mol. The Balaban J connectivity index is 1.33. The van der Waals surface area contributed by atoms with Gasteiger partial charge in [0.25, 0.3) is 0 Å². The number of aromatic nitrogens is 4. The van der Waals surface area contributed by atoms with E-state index in [1.54, 1.807) is 12.4 Å². The van der Waals surface area contributed by atoms with Gasteiger partial charge in [0.05, 0.1) is 11.4 Å². The Hall–Kier alpha value is -3.38. The van der Waals surface area contributed by atoms with Gasteiger partial charge in [-0.3, -0.25) is 9.88 Å². The number of fused-ring (bicyclic) bond motifs is 1. The van der Waals surface area contributed by atoms with Crippen molar-refractivity contribution in [3.63, 3.8) is 0 Å². The van der Waals surface area contributed by atoms with Crippen LogP contribution in [0.2, 0.25) is 0 Å². The summed E-state index contributed by atoms with van der Waals surface area (Å²) in [6.45, 7) is 2.47. The first-order valence-corrected chi connectivity index (χ1v) is 9.34. The van der Waals surface area contributed by atoms with Gasteiger partial charge in [0.2, 0.25) is 0 Å². The molecule has 4 heterocycles. The molecular formula is C22H19N5O. The Kier molecular flexibility index (Phi) is 4.39. The van der Waals surface area contributed by atoms with E-state index in [1.807, 2.05) is 54.7 Å². The molecular weight excluding hydrogens is 350 g/mol. The van der Waals surface area contributed by atoms with Crippen molar-refractivity contribution in [2.75, 3.05) is 6.54 Å². The fraction of sp³-hybridized carbons (Fsp3) is 0.182. The van der Waals surface area contributed by atoms with Crippen LogP contribution in [-0.2, 0) is 19.5 Å². The highest BCUT2D eigenvalue weighted by molar-refractivity contribution is 5.57. The highest BCUT2D eigenvalue weighted by Crippen LogP contribution is 2.24. The van der Waals surface area contributed by atoms with Crippen LogP contribution >= 0.6 is 0 Å². The molecule has 0 bridgehead atoms. The first kappa shape index (κ1) is 16.8. The lowest BCUT2D eigenvalue weighted by Gasteiger charge is -2.27. The molecule has 0 spiro atoms. The lowest BCUT2D eigenvalue weighted by atomic mass is 10.1. The average molecular weight is 369 g/mol. The number of hydrogen-bond donors (Lipinski definition) is 0. The van der Waals surface area contributed by atoms with Crippen LogP contribution in [0.15, 0.2) is 71.6 Å². The zero-order valence-corrected chi connectivity index (χ0v) is 15.3. The minimum atomic E-state index is 0.724. The topological polar surface area (TPSA) is 67.9 Å². The summed E-state index contributed by atoms with van der Waals surface area (Å²) < 4.78 is 5.53. The summed E-state index contributed by atoms with van der Waals surface area (Å²) >= 11 is 0. The van der Waals surface area contributed by atoms with Crippen molar-refractivity contribution in [1.82, 2.24) is 25.0 Å². The van der Waals surface area contributed by atoms with Crippen LogP contribution in [0.5, 0.6) is 0 Å². The maximum atomic E-state index is 5.53. The summed E-state index contributed by atoms with van der Waals surface area (Å²) in [7, 11) is 0. The van der Waals surface area contributed by atoms with Gasteiger partial charge < -0.3 is 4.52 Å². The third-order valence-corrected chi connectivity index (χ3v) is 4.95. The van der Waals surface area contributed by atoms with Gasteiger partial charge in [-0.1, -0.05) is 35.5 Å². The Morgan fingerprint density at radius 2 is 1.89 bits per heavy atom. The molecule has 138 valence electrons. The molecule has 0 saturated heterocycles. The molecule has 0 N–H and O–H groups in total. The predicted octanol–water partition coefficient (Wildman–Crippen LogP) is 3.75. The number of hydrogen-bond acceptors (Lipinski definition) is 6. The standard InChI is InChI=1S/C22H19N5O/c1-2-5-16(6-3-1)21-11-19(26-28-21)14-27-10-8-17-13-24-22(25-20(17)15-27)18-7-4-9-23-12-18/h1-7,9,11-13H,8,10,14-15H2. The number of nitrogens with zero attached hydrogens (tertiary/aromatic N) is 5. The van der Waals surface area contributed by atoms with E-state index < -0.39 is 0 Å². The van der Waals surface area contributed by atoms with Crippen molar-refractivity contribution in [3.8, 4) is 22.7 Å². The molecule has 0 saturated carbocycles. The fourth-order valence-corrected chi connectivity index (χ4v) is 3.48. The number of rotatable bonds is 4. The summed E-state index contributed by atoms with van der Waals surface area (Å²) in [6, 6.07) is 15.9. The Bertz CT molecular complexity index is 1080. The highest BCUT2D eigenvalue weighted by atomic mass is 16.5. The summed E-state index contributed by atoms with van der Waals surface area (Å²) in [5.74, 6) is 1.52. The fourth-order valence-electron chi connectivity index (χ4n) is 3.48. The van der Waals surface area contributed by atoms with E-state index in [0.717, 1.165) is 60.2 Å². The van der Waals surface area contributed by atoms with Crippen LogP contribution in [-0.4, -0.2) is 31.6 Å². The van der Waals surface area contributed by atoms with Gasteiger partial charge in [-0.15, -0.1) is 0 Å². The van der Waals surface area contributed by atoms with Crippen molar-refractivity contribution in [3.05, 3.63) is 84.1 Å². The molecule has 28 heavy (non-hydrogen) atoms. The van der Waals surface area contributed by atoms with Crippen molar-refractivity contribution in [1.29, 1.82) is 0 Å². The van der Waals surface area contributed by atoms with Gasteiger partial charge in [-0.2, -0.15) is 0 Å². The van der Waals surface area contributed by atoms with Gasteiger partial charge >= 0.3 is 0 Å². The molecule has 0 fully saturated rings. The highest BCUT2D eigenvalue weighted by Gasteiger charge is 2.20. The molecule has 6 heteroatoms. The van der Waals surface area contributed by atoms with Crippen molar-refractivity contribution in [2.24, 2.45) is 0 Å². The summed E-state index contributed by atoms with van der Waals surface area (Å²) in [4.78, 5) is 15.8. The molecule has 6 nitrogen and oxygen atoms in total. The molecule has 1 aliphatic rings. The minimum Gasteiger partial charge on any atom is -0.356 e. The largest absolute Gasteiger partial charge is 0.356 e. The van der Waals surface area contributed by atoms with Gasteiger partial charge in [0.15, 0.2) is 11.6 Å². The molecule has 0 unspecified atom stereocenters. The minimum absolute atomic E-state index is 0.724. The van der Waals surface area contributed by atoms with E-state index in [2.05, 4.69) is 20.0 Å². The average Bonchev–Trinajstić information content (AvgIpc) is 3.23. The first-order chi connectivity index (χ1) is 13.8. The molecule has 1 aliphatic heterocycles. The van der Waals surface area contributed by atoms with E-state index in [0.29, 0.717) is 0 Å². The second-order valence-corrected chi connectivity index (χ2v) is 6.92. The summed E-state index contributed by atoms with van der Waals surface area (Å²) in [5, 5.41) is 4.25. The molecule has 5 rings (SSSR count). The van der Waals surface area contributed by atoms with Crippen molar-refractivity contribution >= 4 is 0 Å². The maximum absolute atomic E-state index is 5.53. The van der Waals surface area contributed by atoms with Gasteiger partial charge in [-0.25, -0.2) is 9.97 Å². The third-order valence-electron chi connectivity index (χ3n) is 4.95. The van der Waals surface area contributed by atoms with Gasteiger partial charge in [0.1, 0.15) is 0 Å². The Labute approximate surface area is 162 Å². The zero-order chi connectivity index (χ0) is 18.8. The summed E-state index contributed by atoms with van der Waals surface area (Å²) in [6.07, 6.45) is 6.44. The van der Waals surface area contributed by atoms with E-state index in [4.69, 9.17) is 9.51 Å². The van der Waals surface area contributed by atoms with Crippen LogP contribution in [0.25, 0.3) is 22.7 Å². The van der Waals surface area contributed by atoms with Crippen LogP contribution in [0.3, 0.4) is 0 Å². The van der Waals surface area contributed by atoms with E-state index in [-0.39, 0.29) is 0 Å². The SMILES string of the molecule is c1ccc(-c2cc(CN3CCc4cnc(-c5cccnc5)nc4C3)no2)cc1. The quantitative estimate of drug-likeness (QED) is 0.546. The normalized spacial score (nSPS) is 14.0. The molecule has 0 amide bonds. The summed E-state index contributed by atoms with van der Waals surface area (Å²) in [5.41, 5.74) is 5.20. The molecule has 3 aromatic heterocycles. The van der Waals surface area contributed by atoms with Crippen molar-refractivity contribution < 1.29 is 4.52 Å². The van der Waals surface area contributed by atoms with Crippen molar-refractivity contribution in [2.45, 2.75) is 19.5 Å².